The number of primary amides is 1. The van der Waals surface area contributed by atoms with E-state index < -0.39 is 5.91 Å². The van der Waals surface area contributed by atoms with Crippen LogP contribution in [0, 0.1) is 0 Å². The van der Waals surface area contributed by atoms with Gasteiger partial charge in [-0.1, -0.05) is 26.0 Å². The van der Waals surface area contributed by atoms with Crippen LogP contribution in [-0.2, 0) is 9.59 Å². The number of ether oxygens (including phenoxy) is 1. The third kappa shape index (κ3) is 6.19. The first kappa shape index (κ1) is 16.0. The zero-order chi connectivity index (χ0) is 15.0. The number of carbonyl (C=O) groups excluding carboxylic acids is 2. The van der Waals surface area contributed by atoms with Gasteiger partial charge in [-0.05, 0) is 12.1 Å². The van der Waals surface area contributed by atoms with Crippen LogP contribution in [0.2, 0.25) is 0 Å². The molecular weight excluding hydrogens is 258 g/mol. The van der Waals surface area contributed by atoms with E-state index in [0.717, 1.165) is 0 Å². The molecule has 0 fully saturated rings. The molecule has 1 rings (SSSR count). The fraction of sp³-hybridized carbons (Fsp3) is 0.429. The zero-order valence-electron chi connectivity index (χ0n) is 11.8. The molecule has 0 unspecified atom stereocenters. The molecule has 1 aromatic rings. The van der Waals surface area contributed by atoms with E-state index >= 15 is 0 Å². The van der Waals surface area contributed by atoms with Crippen LogP contribution < -0.4 is 21.1 Å². The van der Waals surface area contributed by atoms with Crippen LogP contribution in [0.3, 0.4) is 0 Å². The topological polar surface area (TPSA) is 93.4 Å². The van der Waals surface area contributed by atoms with Crippen molar-refractivity contribution in [3.8, 4) is 5.75 Å². The van der Waals surface area contributed by atoms with Crippen LogP contribution in [-0.4, -0.2) is 31.0 Å². The molecule has 0 aliphatic rings. The van der Waals surface area contributed by atoms with Gasteiger partial charge in [0.25, 0.3) is 0 Å². The summed E-state index contributed by atoms with van der Waals surface area (Å²) in [6, 6.07) is 7.30. The molecule has 0 bridgehead atoms. The van der Waals surface area contributed by atoms with Crippen molar-refractivity contribution in [1.82, 2.24) is 5.32 Å². The monoisotopic (exact) mass is 279 g/mol. The summed E-state index contributed by atoms with van der Waals surface area (Å²) in [6.07, 6.45) is 0.136. The highest BCUT2D eigenvalue weighted by atomic mass is 16.5. The molecule has 0 aliphatic carbocycles. The molecule has 0 aliphatic heterocycles. The third-order valence-corrected chi connectivity index (χ3v) is 2.44. The van der Waals surface area contributed by atoms with Crippen molar-refractivity contribution in [2.75, 3.05) is 18.5 Å². The van der Waals surface area contributed by atoms with Gasteiger partial charge < -0.3 is 21.1 Å². The Morgan fingerprint density at radius 1 is 1.30 bits per heavy atom. The molecule has 0 heterocycles. The number of anilines is 1. The van der Waals surface area contributed by atoms with Crippen molar-refractivity contribution in [3.05, 3.63) is 24.3 Å². The van der Waals surface area contributed by atoms with E-state index in [-0.39, 0.29) is 31.5 Å². The molecule has 110 valence electrons. The first-order valence-electron chi connectivity index (χ1n) is 6.52. The molecule has 0 saturated heterocycles. The summed E-state index contributed by atoms with van der Waals surface area (Å²) >= 11 is 0. The van der Waals surface area contributed by atoms with E-state index in [0.29, 0.717) is 11.4 Å². The lowest BCUT2D eigenvalue weighted by Crippen LogP contribution is -2.32. The van der Waals surface area contributed by atoms with Gasteiger partial charge in [-0.3, -0.25) is 9.59 Å². The van der Waals surface area contributed by atoms with Crippen LogP contribution in [0.4, 0.5) is 5.69 Å². The summed E-state index contributed by atoms with van der Waals surface area (Å²) in [5, 5.41) is 5.79. The number of hydrogen-bond donors (Lipinski definition) is 3. The lowest BCUT2D eigenvalue weighted by molar-refractivity contribution is -0.118. The maximum absolute atomic E-state index is 11.7. The molecule has 0 atom stereocenters. The molecule has 0 spiro atoms. The fourth-order valence-corrected chi connectivity index (χ4v) is 1.45. The van der Waals surface area contributed by atoms with E-state index in [1.807, 2.05) is 13.8 Å². The lowest BCUT2D eigenvalue weighted by Gasteiger charge is -2.13. The second kappa shape index (κ2) is 8.16. The molecule has 0 saturated carbocycles. The van der Waals surface area contributed by atoms with E-state index in [1.165, 1.54) is 0 Å². The third-order valence-electron chi connectivity index (χ3n) is 2.44. The first-order valence-corrected chi connectivity index (χ1v) is 6.52. The van der Waals surface area contributed by atoms with E-state index in [9.17, 15) is 9.59 Å². The Kier molecular flexibility index (Phi) is 6.52. The Balaban J connectivity index is 2.56. The summed E-state index contributed by atoms with van der Waals surface area (Å²) in [6.45, 7) is 4.35. The number of nitrogens with one attached hydrogen (secondary N) is 2. The average molecular weight is 279 g/mol. The SMILES string of the molecule is CC(C)NCC(=O)Nc1ccccc1OCCC(N)=O. The van der Waals surface area contributed by atoms with Gasteiger partial charge in [0.2, 0.25) is 11.8 Å². The number of hydrogen-bond acceptors (Lipinski definition) is 4. The van der Waals surface area contributed by atoms with Crippen molar-refractivity contribution in [2.45, 2.75) is 26.3 Å². The highest BCUT2D eigenvalue weighted by Gasteiger charge is 2.08. The van der Waals surface area contributed by atoms with Crippen LogP contribution in [0.5, 0.6) is 5.75 Å². The minimum atomic E-state index is -0.423. The molecule has 6 heteroatoms. The second-order valence-electron chi connectivity index (χ2n) is 4.64. The molecular formula is C14H21N3O3. The molecule has 6 nitrogen and oxygen atoms in total. The van der Waals surface area contributed by atoms with Crippen LogP contribution in [0.1, 0.15) is 20.3 Å². The minimum absolute atomic E-state index is 0.136. The Bertz CT molecular complexity index is 461. The molecule has 2 amide bonds. The maximum atomic E-state index is 11.7. The van der Waals surface area contributed by atoms with Crippen molar-refractivity contribution in [2.24, 2.45) is 5.73 Å². The number of nitrogens with two attached hydrogens (primary N) is 1. The normalized spacial score (nSPS) is 10.3. The van der Waals surface area contributed by atoms with Crippen molar-refractivity contribution in [3.63, 3.8) is 0 Å². The van der Waals surface area contributed by atoms with Crippen molar-refractivity contribution >= 4 is 17.5 Å². The molecule has 0 aromatic heterocycles. The highest BCUT2D eigenvalue weighted by molar-refractivity contribution is 5.93. The van der Waals surface area contributed by atoms with Gasteiger partial charge in [-0.15, -0.1) is 0 Å². The van der Waals surface area contributed by atoms with Crippen molar-refractivity contribution in [1.29, 1.82) is 0 Å². The predicted octanol–water partition coefficient (Wildman–Crippen LogP) is 0.877. The number of carbonyl (C=O) groups is 2. The predicted molar refractivity (Wildman–Crippen MR) is 77.5 cm³/mol. The summed E-state index contributed by atoms with van der Waals surface area (Å²) in [7, 11) is 0. The largest absolute Gasteiger partial charge is 0.491 e. The van der Waals surface area contributed by atoms with Gasteiger partial charge in [-0.25, -0.2) is 0 Å². The number of para-hydroxylation sites is 2. The number of benzene rings is 1. The van der Waals surface area contributed by atoms with Crippen LogP contribution in [0.15, 0.2) is 24.3 Å². The van der Waals surface area contributed by atoms with E-state index in [1.54, 1.807) is 24.3 Å². The smallest absolute Gasteiger partial charge is 0.238 e. The summed E-state index contributed by atoms with van der Waals surface area (Å²) in [5.41, 5.74) is 5.62. The lowest BCUT2D eigenvalue weighted by atomic mass is 10.3. The van der Waals surface area contributed by atoms with E-state index in [2.05, 4.69) is 10.6 Å². The first-order chi connectivity index (χ1) is 9.49. The molecule has 1 aromatic carbocycles. The Morgan fingerprint density at radius 3 is 2.65 bits per heavy atom. The summed E-state index contributed by atoms with van der Waals surface area (Å²) in [5.74, 6) is -0.0519. The van der Waals surface area contributed by atoms with Gasteiger partial charge in [0.15, 0.2) is 0 Å². The maximum Gasteiger partial charge on any atom is 0.238 e. The van der Waals surface area contributed by atoms with E-state index in [4.69, 9.17) is 10.5 Å². The molecule has 4 N–H and O–H groups in total. The Morgan fingerprint density at radius 2 is 2.00 bits per heavy atom. The fourth-order valence-electron chi connectivity index (χ4n) is 1.45. The zero-order valence-corrected chi connectivity index (χ0v) is 11.8. The summed E-state index contributed by atoms with van der Waals surface area (Å²) < 4.78 is 5.44. The van der Waals surface area contributed by atoms with Gasteiger partial charge in [0.05, 0.1) is 25.3 Å². The van der Waals surface area contributed by atoms with Gasteiger partial charge in [0.1, 0.15) is 5.75 Å². The number of rotatable bonds is 8. The van der Waals surface area contributed by atoms with Crippen molar-refractivity contribution < 1.29 is 14.3 Å². The second-order valence-corrected chi connectivity index (χ2v) is 4.64. The van der Waals surface area contributed by atoms with Gasteiger partial charge in [0, 0.05) is 6.04 Å². The van der Waals surface area contributed by atoms with Gasteiger partial charge in [-0.2, -0.15) is 0 Å². The highest BCUT2D eigenvalue weighted by Crippen LogP contribution is 2.23. The average Bonchev–Trinajstić information content (AvgIpc) is 2.38. The van der Waals surface area contributed by atoms with Crippen LogP contribution >= 0.6 is 0 Å². The molecule has 0 radical (unpaired) electrons. The number of amides is 2. The van der Waals surface area contributed by atoms with Gasteiger partial charge >= 0.3 is 0 Å². The standard InChI is InChI=1S/C14H21N3O3/c1-10(2)16-9-14(19)17-11-5-3-4-6-12(11)20-8-7-13(15)18/h3-6,10,16H,7-9H2,1-2H3,(H2,15,18)(H,17,19). The Hall–Kier alpha value is -2.08. The molecule has 20 heavy (non-hydrogen) atoms. The summed E-state index contributed by atoms with van der Waals surface area (Å²) in [4.78, 5) is 22.4. The minimum Gasteiger partial charge on any atom is -0.491 e. The van der Waals surface area contributed by atoms with Crippen LogP contribution in [0.25, 0.3) is 0 Å². The Labute approximate surface area is 118 Å². The quantitative estimate of drug-likeness (QED) is 0.658.